The number of carbonyl (C=O) groups is 1. The summed E-state index contributed by atoms with van der Waals surface area (Å²) in [6.07, 6.45) is 9.04. The van der Waals surface area contributed by atoms with E-state index in [0.717, 1.165) is 24.2 Å². The van der Waals surface area contributed by atoms with E-state index < -0.39 is 0 Å². The van der Waals surface area contributed by atoms with Crippen LogP contribution in [-0.2, 0) is 0 Å². The normalized spacial score (nSPS) is 34.4. The van der Waals surface area contributed by atoms with Gasteiger partial charge in [-0.25, -0.2) is 5.43 Å². The second kappa shape index (κ2) is 6.18. The Kier molecular flexibility index (Phi) is 4.16. The summed E-state index contributed by atoms with van der Waals surface area (Å²) in [4.78, 5) is 12.3. The zero-order valence-corrected chi connectivity index (χ0v) is 15.0. The molecule has 4 bridgehead atoms. The van der Waals surface area contributed by atoms with Gasteiger partial charge in [-0.3, -0.25) is 4.79 Å². The van der Waals surface area contributed by atoms with Gasteiger partial charge in [-0.15, -0.1) is 0 Å². The minimum Gasteiger partial charge on any atom is -0.267 e. The molecule has 4 aliphatic carbocycles. The molecule has 4 saturated carbocycles. The number of benzene rings is 1. The fraction of sp³-hybridized carbons (Fsp3) is 0.600. The average Bonchev–Trinajstić information content (AvgIpc) is 2.54. The van der Waals surface area contributed by atoms with E-state index in [1.165, 1.54) is 44.2 Å². The number of halogens is 1. The van der Waals surface area contributed by atoms with Crippen molar-refractivity contribution in [1.29, 1.82) is 0 Å². The first-order chi connectivity index (χ1) is 11.6. The molecule has 0 saturated heterocycles. The third kappa shape index (κ3) is 2.88. The van der Waals surface area contributed by atoms with Crippen molar-refractivity contribution in [2.45, 2.75) is 51.9 Å². The summed E-state index contributed by atoms with van der Waals surface area (Å²) in [5, 5.41) is 5.25. The molecular formula is C20H25ClN2O. The van der Waals surface area contributed by atoms with Crippen molar-refractivity contribution in [3.05, 3.63) is 34.9 Å². The van der Waals surface area contributed by atoms with Gasteiger partial charge < -0.3 is 0 Å². The highest BCUT2D eigenvalue weighted by atomic mass is 35.5. The third-order valence-corrected chi connectivity index (χ3v) is 6.64. The van der Waals surface area contributed by atoms with E-state index in [0.29, 0.717) is 10.6 Å². The minimum absolute atomic E-state index is 0.151. The van der Waals surface area contributed by atoms with Crippen molar-refractivity contribution in [1.82, 2.24) is 5.43 Å². The lowest BCUT2D eigenvalue weighted by Crippen LogP contribution is -2.50. The number of nitrogens with one attached hydrogen (secondary N) is 1. The van der Waals surface area contributed by atoms with Crippen LogP contribution in [0.5, 0.6) is 0 Å². The largest absolute Gasteiger partial charge is 0.271 e. The molecule has 0 aliphatic heterocycles. The lowest BCUT2D eigenvalue weighted by Gasteiger charge is -2.57. The SMILES string of the molecule is CCC(=NNC(=O)c1ccc(Cl)cc1)C12CC3CC(CC(C3)C1)C2. The van der Waals surface area contributed by atoms with Gasteiger partial charge in [0, 0.05) is 21.7 Å². The van der Waals surface area contributed by atoms with Gasteiger partial charge in [0.1, 0.15) is 0 Å². The van der Waals surface area contributed by atoms with Crippen LogP contribution in [0.15, 0.2) is 29.4 Å². The number of amides is 1. The molecule has 4 fully saturated rings. The second-order valence-corrected chi connectivity index (χ2v) is 8.49. The molecule has 128 valence electrons. The maximum absolute atomic E-state index is 12.3. The van der Waals surface area contributed by atoms with Gasteiger partial charge in [-0.05, 0) is 87.0 Å². The first-order valence-corrected chi connectivity index (χ1v) is 9.59. The summed E-state index contributed by atoms with van der Waals surface area (Å²) in [6, 6.07) is 6.95. The standard InChI is InChI=1S/C20H25ClN2O/c1-2-18(22-23-19(24)16-3-5-17(21)6-4-16)20-10-13-7-14(11-20)9-15(8-13)12-20/h3-6,13-15H,2,7-12H2,1H3,(H,23,24). The maximum atomic E-state index is 12.3. The Bertz CT molecular complexity index is 629. The maximum Gasteiger partial charge on any atom is 0.271 e. The van der Waals surface area contributed by atoms with Crippen LogP contribution >= 0.6 is 11.6 Å². The van der Waals surface area contributed by atoms with Gasteiger partial charge in [-0.1, -0.05) is 18.5 Å². The van der Waals surface area contributed by atoms with Gasteiger partial charge in [0.25, 0.3) is 5.91 Å². The van der Waals surface area contributed by atoms with Crippen molar-refractivity contribution in [3.63, 3.8) is 0 Å². The lowest BCUT2D eigenvalue weighted by molar-refractivity contribution is -0.0134. The molecule has 4 aliphatic rings. The Morgan fingerprint density at radius 3 is 2.17 bits per heavy atom. The zero-order chi connectivity index (χ0) is 16.7. The van der Waals surface area contributed by atoms with E-state index in [1.807, 2.05) is 0 Å². The first-order valence-electron chi connectivity index (χ1n) is 9.21. The molecule has 1 N–H and O–H groups in total. The molecule has 1 aromatic carbocycles. The molecule has 1 aromatic rings. The smallest absolute Gasteiger partial charge is 0.267 e. The topological polar surface area (TPSA) is 41.5 Å². The van der Waals surface area contributed by atoms with Crippen molar-refractivity contribution in [2.24, 2.45) is 28.3 Å². The van der Waals surface area contributed by atoms with E-state index in [2.05, 4.69) is 17.5 Å². The van der Waals surface area contributed by atoms with Crippen LogP contribution in [0.2, 0.25) is 5.02 Å². The molecule has 1 amide bonds. The highest BCUT2D eigenvalue weighted by Crippen LogP contribution is 2.60. The quantitative estimate of drug-likeness (QED) is 0.602. The molecule has 5 rings (SSSR count). The average molecular weight is 345 g/mol. The molecule has 0 heterocycles. The number of nitrogens with zero attached hydrogens (tertiary/aromatic N) is 1. The van der Waals surface area contributed by atoms with Gasteiger partial charge in [0.15, 0.2) is 0 Å². The molecule has 0 atom stereocenters. The predicted molar refractivity (Wildman–Crippen MR) is 97.2 cm³/mol. The Morgan fingerprint density at radius 1 is 1.12 bits per heavy atom. The molecule has 24 heavy (non-hydrogen) atoms. The predicted octanol–water partition coefficient (Wildman–Crippen LogP) is 5.05. The summed E-state index contributed by atoms with van der Waals surface area (Å²) in [6.45, 7) is 2.17. The fourth-order valence-corrected chi connectivity index (χ4v) is 5.95. The van der Waals surface area contributed by atoms with Crippen LogP contribution in [-0.4, -0.2) is 11.6 Å². The van der Waals surface area contributed by atoms with E-state index in [1.54, 1.807) is 24.3 Å². The van der Waals surface area contributed by atoms with Crippen molar-refractivity contribution in [2.75, 3.05) is 0 Å². The molecule has 0 spiro atoms. The Hall–Kier alpha value is -1.35. The third-order valence-electron chi connectivity index (χ3n) is 6.38. The van der Waals surface area contributed by atoms with Gasteiger partial charge >= 0.3 is 0 Å². The zero-order valence-electron chi connectivity index (χ0n) is 14.2. The minimum atomic E-state index is -0.151. The summed E-state index contributed by atoms with van der Waals surface area (Å²) < 4.78 is 0. The van der Waals surface area contributed by atoms with Crippen molar-refractivity contribution in [3.8, 4) is 0 Å². The summed E-state index contributed by atoms with van der Waals surface area (Å²) in [5.74, 6) is 2.52. The Morgan fingerprint density at radius 2 is 1.67 bits per heavy atom. The highest BCUT2D eigenvalue weighted by Gasteiger charge is 2.52. The van der Waals surface area contributed by atoms with Crippen LogP contribution in [0.25, 0.3) is 0 Å². The number of rotatable bonds is 4. The van der Waals surface area contributed by atoms with Crippen LogP contribution < -0.4 is 5.43 Å². The summed E-state index contributed by atoms with van der Waals surface area (Å²) >= 11 is 5.88. The number of hydrogen-bond acceptors (Lipinski definition) is 2. The lowest BCUT2D eigenvalue weighted by atomic mass is 9.48. The van der Waals surface area contributed by atoms with Crippen LogP contribution in [0, 0.1) is 23.2 Å². The molecule has 0 aromatic heterocycles. The molecule has 3 nitrogen and oxygen atoms in total. The second-order valence-electron chi connectivity index (χ2n) is 8.06. The molecule has 0 unspecified atom stereocenters. The van der Waals surface area contributed by atoms with E-state index in [9.17, 15) is 4.79 Å². The van der Waals surface area contributed by atoms with E-state index in [4.69, 9.17) is 11.6 Å². The molecule has 0 radical (unpaired) electrons. The number of carbonyl (C=O) groups excluding carboxylic acids is 1. The van der Waals surface area contributed by atoms with Crippen LogP contribution in [0.3, 0.4) is 0 Å². The van der Waals surface area contributed by atoms with Gasteiger partial charge in [0.2, 0.25) is 0 Å². The Labute approximate surface area is 148 Å². The Balaban J connectivity index is 1.52. The number of hydrogen-bond donors (Lipinski definition) is 1. The van der Waals surface area contributed by atoms with E-state index in [-0.39, 0.29) is 11.3 Å². The van der Waals surface area contributed by atoms with Crippen molar-refractivity contribution < 1.29 is 4.79 Å². The fourth-order valence-electron chi connectivity index (χ4n) is 5.82. The van der Waals surface area contributed by atoms with Crippen LogP contribution in [0.1, 0.15) is 62.2 Å². The summed E-state index contributed by atoms with van der Waals surface area (Å²) in [7, 11) is 0. The number of hydrazone groups is 1. The molecule has 4 heteroatoms. The van der Waals surface area contributed by atoms with Gasteiger partial charge in [0.05, 0.1) is 0 Å². The summed E-state index contributed by atoms with van der Waals surface area (Å²) in [5.41, 5.74) is 4.87. The first kappa shape index (κ1) is 16.1. The molecular weight excluding hydrogens is 320 g/mol. The van der Waals surface area contributed by atoms with Gasteiger partial charge in [-0.2, -0.15) is 5.10 Å². The van der Waals surface area contributed by atoms with Crippen molar-refractivity contribution >= 4 is 23.2 Å². The monoisotopic (exact) mass is 344 g/mol. The highest BCUT2D eigenvalue weighted by molar-refractivity contribution is 6.30. The van der Waals surface area contributed by atoms with E-state index >= 15 is 0 Å². The van der Waals surface area contributed by atoms with Crippen LogP contribution in [0.4, 0.5) is 0 Å².